The zero-order valence-electron chi connectivity index (χ0n) is 22.7. The Bertz CT molecular complexity index is 1210. The molecule has 1 aliphatic heterocycles. The largest absolute Gasteiger partial charge is 0.472 e. The van der Waals surface area contributed by atoms with Crippen molar-refractivity contribution in [2.75, 3.05) is 7.11 Å². The molecule has 8 atom stereocenters. The molecule has 0 spiro atoms. The summed E-state index contributed by atoms with van der Waals surface area (Å²) in [5, 5.41) is 12.7. The topological polar surface area (TPSA) is 129 Å². The van der Waals surface area contributed by atoms with E-state index in [1.165, 1.54) is 32.6 Å². The van der Waals surface area contributed by atoms with Gasteiger partial charge in [0.1, 0.15) is 18.0 Å². The van der Waals surface area contributed by atoms with E-state index in [4.69, 9.17) is 18.6 Å². The number of hydrogen-bond acceptors (Lipinski definition) is 9. The molecule has 2 heterocycles. The van der Waals surface area contributed by atoms with Gasteiger partial charge in [-0.1, -0.05) is 27.7 Å². The maximum absolute atomic E-state index is 14.3. The number of esters is 3. The van der Waals surface area contributed by atoms with Crippen LogP contribution in [0.5, 0.6) is 0 Å². The van der Waals surface area contributed by atoms with E-state index in [-0.39, 0.29) is 18.6 Å². The summed E-state index contributed by atoms with van der Waals surface area (Å²) in [7, 11) is 1.30. The number of cyclic esters (lactones) is 1. The third kappa shape index (κ3) is 3.46. The Morgan fingerprint density at radius 3 is 2.50 bits per heavy atom. The number of carbonyl (C=O) groups excluding carboxylic acids is 4. The van der Waals surface area contributed by atoms with E-state index in [2.05, 4.69) is 0 Å². The quantitative estimate of drug-likeness (QED) is 0.459. The minimum Gasteiger partial charge on any atom is -0.472 e. The minimum absolute atomic E-state index is 0.00518. The molecule has 1 aromatic rings. The Balaban J connectivity index is 1.69. The number of hydrogen-bond donors (Lipinski definition) is 1. The first-order chi connectivity index (χ1) is 17.7. The summed E-state index contributed by atoms with van der Waals surface area (Å²) in [4.78, 5) is 52.0. The molecule has 0 saturated heterocycles. The average Bonchev–Trinajstić information content (AvgIpc) is 3.37. The van der Waals surface area contributed by atoms with Crippen LogP contribution in [0.1, 0.15) is 72.0 Å². The molecule has 2 bridgehead atoms. The van der Waals surface area contributed by atoms with E-state index in [0.717, 1.165) is 0 Å². The minimum atomic E-state index is -1.56. The van der Waals surface area contributed by atoms with Crippen molar-refractivity contribution < 1.29 is 42.9 Å². The molecular formula is C29H36O9. The van der Waals surface area contributed by atoms with Gasteiger partial charge in [-0.05, 0) is 36.8 Å². The molecule has 3 saturated carbocycles. The molecule has 3 fully saturated rings. The number of Topliss-reactive ketones (excluding diaryl/α,β-unsaturated/α-hetero) is 1. The molecular weight excluding hydrogens is 492 g/mol. The van der Waals surface area contributed by atoms with Gasteiger partial charge in [0.2, 0.25) is 0 Å². The van der Waals surface area contributed by atoms with Crippen LogP contribution in [0.25, 0.3) is 0 Å². The predicted molar refractivity (Wildman–Crippen MR) is 132 cm³/mol. The highest BCUT2D eigenvalue weighted by Crippen LogP contribution is 2.70. The van der Waals surface area contributed by atoms with Crippen molar-refractivity contribution in [3.8, 4) is 0 Å². The molecule has 4 aliphatic rings. The van der Waals surface area contributed by atoms with Crippen LogP contribution < -0.4 is 0 Å². The molecule has 9 heteroatoms. The van der Waals surface area contributed by atoms with Gasteiger partial charge in [0.15, 0.2) is 0 Å². The molecule has 8 unspecified atom stereocenters. The summed E-state index contributed by atoms with van der Waals surface area (Å²) in [6.45, 7) is 8.90. The van der Waals surface area contributed by atoms with Crippen LogP contribution in [0.4, 0.5) is 0 Å². The third-order valence-corrected chi connectivity index (χ3v) is 10.3. The zero-order chi connectivity index (χ0) is 27.8. The number of carbonyl (C=O) groups is 4. The summed E-state index contributed by atoms with van der Waals surface area (Å²) in [6.07, 6.45) is 3.83. The highest BCUT2D eigenvalue weighted by Gasteiger charge is 2.74. The molecule has 1 N–H and O–H groups in total. The van der Waals surface area contributed by atoms with E-state index >= 15 is 0 Å². The standard InChI is InChI=1S/C29H36O9/c1-15(30)37-25-17-13-29(34)18(28(5,23(17)33)19(26(25,2)3)11-21(31)35-6)7-9-27(4)20(29)12-22(32)38-24(27)16-8-10-36-14-16/h8,10,12,14,17-19,24-25,34H,7,9,11,13H2,1-6H3. The fourth-order valence-corrected chi connectivity index (χ4v) is 8.65. The lowest BCUT2D eigenvalue weighted by Crippen LogP contribution is -2.73. The van der Waals surface area contributed by atoms with Crippen molar-refractivity contribution in [1.82, 2.24) is 0 Å². The van der Waals surface area contributed by atoms with Crippen molar-refractivity contribution in [3.63, 3.8) is 0 Å². The van der Waals surface area contributed by atoms with Crippen LogP contribution in [0.3, 0.4) is 0 Å². The summed E-state index contributed by atoms with van der Waals surface area (Å²) in [6, 6.07) is 1.74. The predicted octanol–water partition coefficient (Wildman–Crippen LogP) is 3.70. The van der Waals surface area contributed by atoms with Crippen LogP contribution in [0, 0.1) is 34.0 Å². The summed E-state index contributed by atoms with van der Waals surface area (Å²) in [5.41, 5.74) is -3.02. The van der Waals surface area contributed by atoms with Crippen molar-refractivity contribution in [2.45, 2.75) is 78.1 Å². The van der Waals surface area contributed by atoms with Crippen LogP contribution in [-0.4, -0.2) is 47.6 Å². The molecule has 0 amide bonds. The SMILES string of the molecule is COC(=O)CC1C(C)(C)C(OC(C)=O)C2CC3(O)C4=CC(=O)OC(c5ccoc5)C4(C)CCC3C1(C)C2=O. The second-order valence-corrected chi connectivity index (χ2v) is 12.5. The lowest BCUT2D eigenvalue weighted by molar-refractivity contribution is -0.235. The smallest absolute Gasteiger partial charge is 0.331 e. The lowest BCUT2D eigenvalue weighted by atomic mass is 9.37. The molecule has 38 heavy (non-hydrogen) atoms. The number of aliphatic hydroxyl groups is 1. The van der Waals surface area contributed by atoms with Gasteiger partial charge in [-0.15, -0.1) is 0 Å². The van der Waals surface area contributed by atoms with E-state index < -0.39 is 69.7 Å². The van der Waals surface area contributed by atoms with Gasteiger partial charge in [-0.2, -0.15) is 0 Å². The third-order valence-electron chi connectivity index (χ3n) is 10.3. The highest BCUT2D eigenvalue weighted by molar-refractivity contribution is 5.92. The molecule has 5 rings (SSSR count). The monoisotopic (exact) mass is 528 g/mol. The number of ether oxygens (including phenoxy) is 3. The first kappa shape index (κ1) is 26.7. The Hall–Kier alpha value is -2.94. The van der Waals surface area contributed by atoms with Gasteiger partial charge < -0.3 is 23.7 Å². The van der Waals surface area contributed by atoms with E-state index in [1.54, 1.807) is 6.07 Å². The Labute approximate surface area is 221 Å². The van der Waals surface area contributed by atoms with Crippen LogP contribution in [0.2, 0.25) is 0 Å². The van der Waals surface area contributed by atoms with Gasteiger partial charge >= 0.3 is 17.9 Å². The number of methoxy groups -OCH3 is 1. The molecule has 3 aliphatic carbocycles. The van der Waals surface area contributed by atoms with Gasteiger partial charge in [-0.3, -0.25) is 14.4 Å². The number of furan rings is 1. The maximum atomic E-state index is 14.3. The zero-order valence-corrected chi connectivity index (χ0v) is 22.7. The summed E-state index contributed by atoms with van der Waals surface area (Å²) < 4.78 is 21.9. The summed E-state index contributed by atoms with van der Waals surface area (Å²) >= 11 is 0. The molecule has 9 nitrogen and oxygen atoms in total. The van der Waals surface area contributed by atoms with E-state index in [9.17, 15) is 24.3 Å². The first-order valence-electron chi connectivity index (χ1n) is 13.2. The summed E-state index contributed by atoms with van der Waals surface area (Å²) in [5.74, 6) is -3.69. The van der Waals surface area contributed by atoms with Crippen molar-refractivity contribution in [1.29, 1.82) is 0 Å². The Kier molecular flexibility index (Phi) is 5.98. The van der Waals surface area contributed by atoms with Crippen molar-refractivity contribution in [2.24, 2.45) is 34.0 Å². The fourth-order valence-electron chi connectivity index (χ4n) is 8.65. The molecule has 0 radical (unpaired) electrons. The fraction of sp³-hybridized carbons (Fsp3) is 0.655. The highest BCUT2D eigenvalue weighted by atomic mass is 16.6. The second-order valence-electron chi connectivity index (χ2n) is 12.5. The lowest BCUT2D eigenvalue weighted by Gasteiger charge is -2.67. The normalized spacial score (nSPS) is 41.2. The second kappa shape index (κ2) is 8.53. The average molecular weight is 529 g/mol. The number of ketones is 1. The van der Waals surface area contributed by atoms with Crippen molar-refractivity contribution >= 4 is 23.7 Å². The molecule has 206 valence electrons. The van der Waals surface area contributed by atoms with Crippen LogP contribution in [-0.2, 0) is 33.4 Å². The van der Waals surface area contributed by atoms with Gasteiger partial charge in [0.05, 0.1) is 31.2 Å². The molecule has 0 aromatic carbocycles. The molecule has 1 aromatic heterocycles. The Morgan fingerprint density at radius 1 is 1.18 bits per heavy atom. The van der Waals surface area contributed by atoms with Crippen LogP contribution in [0.15, 0.2) is 34.7 Å². The van der Waals surface area contributed by atoms with Crippen LogP contribution >= 0.6 is 0 Å². The Morgan fingerprint density at radius 2 is 1.89 bits per heavy atom. The first-order valence-corrected chi connectivity index (χ1v) is 13.2. The number of fused-ring (bicyclic) bond motifs is 6. The maximum Gasteiger partial charge on any atom is 0.331 e. The number of rotatable bonds is 4. The van der Waals surface area contributed by atoms with Gasteiger partial charge in [0, 0.05) is 47.1 Å². The van der Waals surface area contributed by atoms with Gasteiger partial charge in [-0.25, -0.2) is 4.79 Å². The van der Waals surface area contributed by atoms with E-state index in [1.807, 2.05) is 27.7 Å². The van der Waals surface area contributed by atoms with Gasteiger partial charge in [0.25, 0.3) is 0 Å². The van der Waals surface area contributed by atoms with E-state index in [0.29, 0.717) is 24.0 Å². The van der Waals surface area contributed by atoms with Crippen molar-refractivity contribution in [3.05, 3.63) is 35.8 Å².